The van der Waals surface area contributed by atoms with Gasteiger partial charge in [-0.15, -0.1) is 0 Å². The Morgan fingerprint density at radius 1 is 1.10 bits per heavy atom. The summed E-state index contributed by atoms with van der Waals surface area (Å²) in [6.45, 7) is 8.38. The molecule has 2 atom stereocenters. The predicted octanol–water partition coefficient (Wildman–Crippen LogP) is 3.60. The molecule has 2 N–H and O–H groups in total. The van der Waals surface area contributed by atoms with E-state index >= 15 is 0 Å². The number of urea groups is 1. The molecule has 1 aromatic carbocycles. The van der Waals surface area contributed by atoms with Crippen molar-refractivity contribution in [3.8, 4) is 0 Å². The summed E-state index contributed by atoms with van der Waals surface area (Å²) in [6.07, 6.45) is 3.50. The second-order valence-electron chi connectivity index (χ2n) is 5.98. The minimum Gasteiger partial charge on any atom is -0.307 e. The van der Waals surface area contributed by atoms with Crippen molar-refractivity contribution in [3.63, 3.8) is 0 Å². The molecule has 110 valence electrons. The SMILES string of the molecule is Cc1cc(C)cc(NC(=O)NN2[C@H](C)CCC[C@H]2C)c1. The molecule has 0 radical (unpaired) electrons. The Kier molecular flexibility index (Phi) is 4.65. The molecule has 0 spiro atoms. The van der Waals surface area contributed by atoms with Crippen molar-refractivity contribution in [2.75, 3.05) is 5.32 Å². The molecule has 1 saturated heterocycles. The molecule has 0 saturated carbocycles. The molecule has 4 nitrogen and oxygen atoms in total. The minimum absolute atomic E-state index is 0.157. The van der Waals surface area contributed by atoms with Gasteiger partial charge in [0.05, 0.1) is 0 Å². The summed E-state index contributed by atoms with van der Waals surface area (Å²) in [5.41, 5.74) is 6.14. The molecule has 1 aromatic rings. The van der Waals surface area contributed by atoms with Crippen LogP contribution in [0.1, 0.15) is 44.2 Å². The van der Waals surface area contributed by atoms with Crippen LogP contribution in [0.25, 0.3) is 0 Å². The smallest absolute Gasteiger partial charge is 0.307 e. The maximum Gasteiger partial charge on any atom is 0.333 e. The molecule has 0 aliphatic carbocycles. The number of amides is 2. The lowest BCUT2D eigenvalue weighted by Gasteiger charge is -2.38. The third kappa shape index (κ3) is 3.73. The topological polar surface area (TPSA) is 44.4 Å². The molecule has 20 heavy (non-hydrogen) atoms. The highest BCUT2D eigenvalue weighted by Crippen LogP contribution is 2.20. The van der Waals surface area contributed by atoms with Gasteiger partial charge in [-0.05, 0) is 63.8 Å². The maximum atomic E-state index is 12.1. The largest absolute Gasteiger partial charge is 0.333 e. The first-order valence-electron chi connectivity index (χ1n) is 7.40. The summed E-state index contributed by atoms with van der Waals surface area (Å²) in [5, 5.41) is 4.99. The standard InChI is InChI=1S/C16H25N3O/c1-11-8-12(2)10-15(9-11)17-16(20)18-19-13(3)6-5-7-14(19)4/h8-10,13-14H,5-7H2,1-4H3,(H2,17,18,20)/t13-,14-/m1/s1. The summed E-state index contributed by atoms with van der Waals surface area (Å²) < 4.78 is 0. The molecule has 0 unspecified atom stereocenters. The zero-order valence-corrected chi connectivity index (χ0v) is 12.9. The Bertz CT molecular complexity index is 456. The molecule has 4 heteroatoms. The molecular weight excluding hydrogens is 250 g/mol. The molecule has 0 aromatic heterocycles. The second kappa shape index (κ2) is 6.27. The van der Waals surface area contributed by atoms with Crippen molar-refractivity contribution in [2.24, 2.45) is 0 Å². The van der Waals surface area contributed by atoms with Gasteiger partial charge in [0.15, 0.2) is 0 Å². The molecular formula is C16H25N3O. The van der Waals surface area contributed by atoms with Gasteiger partial charge in [0, 0.05) is 17.8 Å². The number of hydrazine groups is 1. The lowest BCUT2D eigenvalue weighted by atomic mass is 10.00. The van der Waals surface area contributed by atoms with Crippen molar-refractivity contribution in [3.05, 3.63) is 29.3 Å². The van der Waals surface area contributed by atoms with Crippen LogP contribution < -0.4 is 10.7 Å². The normalized spacial score (nSPS) is 23.4. The van der Waals surface area contributed by atoms with E-state index in [1.807, 2.05) is 26.0 Å². The fourth-order valence-corrected chi connectivity index (χ4v) is 2.96. The van der Waals surface area contributed by atoms with Crippen molar-refractivity contribution in [1.29, 1.82) is 0 Å². The first-order chi connectivity index (χ1) is 9.45. The lowest BCUT2D eigenvalue weighted by molar-refractivity contribution is 0.0625. The van der Waals surface area contributed by atoms with Crippen molar-refractivity contribution >= 4 is 11.7 Å². The number of rotatable bonds is 2. The van der Waals surface area contributed by atoms with E-state index in [0.717, 1.165) is 29.7 Å². The van der Waals surface area contributed by atoms with Crippen LogP contribution in [0.2, 0.25) is 0 Å². The van der Waals surface area contributed by atoms with Gasteiger partial charge < -0.3 is 5.32 Å². The third-order valence-electron chi connectivity index (χ3n) is 3.90. The quantitative estimate of drug-likeness (QED) is 0.866. The molecule has 1 fully saturated rings. The van der Waals surface area contributed by atoms with Gasteiger partial charge in [0.2, 0.25) is 0 Å². The van der Waals surface area contributed by atoms with E-state index in [1.54, 1.807) is 0 Å². The van der Waals surface area contributed by atoms with E-state index in [2.05, 4.69) is 35.7 Å². The highest BCUT2D eigenvalue weighted by Gasteiger charge is 2.25. The van der Waals surface area contributed by atoms with Crippen LogP contribution in [0.15, 0.2) is 18.2 Å². The zero-order chi connectivity index (χ0) is 14.7. The van der Waals surface area contributed by atoms with Crippen molar-refractivity contribution in [2.45, 2.75) is 59.0 Å². The van der Waals surface area contributed by atoms with Crippen molar-refractivity contribution in [1.82, 2.24) is 10.4 Å². The van der Waals surface area contributed by atoms with Gasteiger partial charge in [0.25, 0.3) is 0 Å². The third-order valence-corrected chi connectivity index (χ3v) is 3.90. The molecule has 2 rings (SSSR count). The van der Waals surface area contributed by atoms with Crippen LogP contribution in [0, 0.1) is 13.8 Å². The number of benzene rings is 1. The number of piperidine rings is 1. The van der Waals surface area contributed by atoms with E-state index in [1.165, 1.54) is 6.42 Å². The van der Waals surface area contributed by atoms with Gasteiger partial charge in [-0.2, -0.15) is 0 Å². The Hall–Kier alpha value is -1.55. The Morgan fingerprint density at radius 2 is 1.65 bits per heavy atom. The first kappa shape index (κ1) is 14.9. The Balaban J connectivity index is 1.98. The molecule has 1 heterocycles. The number of hydrogen-bond acceptors (Lipinski definition) is 2. The summed E-state index contributed by atoms with van der Waals surface area (Å²) in [7, 11) is 0. The average Bonchev–Trinajstić information content (AvgIpc) is 2.32. The van der Waals surface area contributed by atoms with Gasteiger partial charge in [0.1, 0.15) is 0 Å². The minimum atomic E-state index is -0.157. The highest BCUT2D eigenvalue weighted by atomic mass is 16.2. The highest BCUT2D eigenvalue weighted by molar-refractivity contribution is 5.89. The van der Waals surface area contributed by atoms with Crippen LogP contribution in [0.5, 0.6) is 0 Å². The van der Waals surface area contributed by atoms with Crippen molar-refractivity contribution < 1.29 is 4.79 Å². The fourth-order valence-electron chi connectivity index (χ4n) is 2.96. The van der Waals surface area contributed by atoms with Crippen LogP contribution in [0.4, 0.5) is 10.5 Å². The number of aryl methyl sites for hydroxylation is 2. The monoisotopic (exact) mass is 275 g/mol. The van der Waals surface area contributed by atoms with E-state index < -0.39 is 0 Å². The number of anilines is 1. The van der Waals surface area contributed by atoms with E-state index in [-0.39, 0.29) is 6.03 Å². The molecule has 1 aliphatic heterocycles. The molecule has 1 aliphatic rings. The second-order valence-corrected chi connectivity index (χ2v) is 5.98. The number of carbonyl (C=O) groups excluding carboxylic acids is 1. The van der Waals surface area contributed by atoms with Crippen LogP contribution in [-0.4, -0.2) is 23.1 Å². The fraction of sp³-hybridized carbons (Fsp3) is 0.562. The Labute approximate surface area is 121 Å². The first-order valence-corrected chi connectivity index (χ1v) is 7.40. The van der Waals surface area contributed by atoms with E-state index in [0.29, 0.717) is 12.1 Å². The Morgan fingerprint density at radius 3 is 2.20 bits per heavy atom. The van der Waals surface area contributed by atoms with Gasteiger partial charge in [-0.25, -0.2) is 9.80 Å². The number of carbonyl (C=O) groups is 1. The van der Waals surface area contributed by atoms with Crippen LogP contribution >= 0.6 is 0 Å². The van der Waals surface area contributed by atoms with E-state index in [4.69, 9.17) is 0 Å². The average molecular weight is 275 g/mol. The summed E-state index contributed by atoms with van der Waals surface area (Å²) in [6, 6.07) is 6.69. The maximum absolute atomic E-state index is 12.1. The van der Waals surface area contributed by atoms with Crippen LogP contribution in [-0.2, 0) is 0 Å². The van der Waals surface area contributed by atoms with Gasteiger partial charge in [-0.1, -0.05) is 12.5 Å². The number of nitrogens with zero attached hydrogens (tertiary/aromatic N) is 1. The zero-order valence-electron chi connectivity index (χ0n) is 12.9. The van der Waals surface area contributed by atoms with Gasteiger partial charge >= 0.3 is 6.03 Å². The predicted molar refractivity (Wildman–Crippen MR) is 82.7 cm³/mol. The van der Waals surface area contributed by atoms with Crippen LogP contribution in [0.3, 0.4) is 0 Å². The summed E-state index contributed by atoms with van der Waals surface area (Å²) >= 11 is 0. The summed E-state index contributed by atoms with van der Waals surface area (Å²) in [4.78, 5) is 12.1. The number of nitrogens with one attached hydrogen (secondary N) is 2. The molecule has 0 bridgehead atoms. The molecule has 2 amide bonds. The van der Waals surface area contributed by atoms with Gasteiger partial charge in [-0.3, -0.25) is 5.43 Å². The van der Waals surface area contributed by atoms with E-state index in [9.17, 15) is 4.79 Å². The number of hydrogen-bond donors (Lipinski definition) is 2. The summed E-state index contributed by atoms with van der Waals surface area (Å²) in [5.74, 6) is 0. The lowest BCUT2D eigenvalue weighted by Crippen LogP contribution is -2.55.